The number of hydrogen-bond acceptors (Lipinski definition) is 5. The first-order valence-corrected chi connectivity index (χ1v) is 40.1. The molecule has 0 saturated heterocycles. The minimum atomic E-state index is -0.667. The zero-order chi connectivity index (χ0) is 62.8. The third-order valence-electron chi connectivity index (χ3n) is 19.0. The normalized spacial score (nSPS) is 12.6. The van der Waals surface area contributed by atoms with Crippen molar-refractivity contribution in [3.63, 3.8) is 0 Å². The molecule has 0 heterocycles. The number of esters is 1. The summed E-state index contributed by atoms with van der Waals surface area (Å²) in [7, 11) is 0. The first-order valence-electron chi connectivity index (χ1n) is 40.1. The molecule has 1 amide bonds. The van der Waals surface area contributed by atoms with Crippen molar-refractivity contribution in [1.29, 1.82) is 0 Å². The molecule has 0 aliphatic heterocycles. The first kappa shape index (κ1) is 85.3. The van der Waals surface area contributed by atoms with E-state index in [4.69, 9.17) is 4.74 Å². The number of amides is 1. The summed E-state index contributed by atoms with van der Waals surface area (Å²) >= 11 is 0. The molecule has 0 fully saturated rings. The Morgan fingerprint density at radius 3 is 0.874 bits per heavy atom. The van der Waals surface area contributed by atoms with Crippen LogP contribution in [0.5, 0.6) is 0 Å². The summed E-state index contributed by atoms with van der Waals surface area (Å²) < 4.78 is 5.50. The number of rotatable bonds is 76. The van der Waals surface area contributed by atoms with Crippen molar-refractivity contribution < 1.29 is 24.5 Å². The van der Waals surface area contributed by atoms with Gasteiger partial charge in [0.2, 0.25) is 5.91 Å². The Bertz CT molecular complexity index is 1360. The van der Waals surface area contributed by atoms with Gasteiger partial charge >= 0.3 is 5.97 Å². The topological polar surface area (TPSA) is 95.9 Å². The van der Waals surface area contributed by atoms with E-state index in [1.54, 1.807) is 0 Å². The lowest BCUT2D eigenvalue weighted by atomic mass is 10.0. The Morgan fingerprint density at radius 2 is 0.575 bits per heavy atom. The third-order valence-corrected chi connectivity index (χ3v) is 19.0. The van der Waals surface area contributed by atoms with Crippen LogP contribution in [0.1, 0.15) is 457 Å². The quantitative estimate of drug-likeness (QED) is 0.0320. The van der Waals surface area contributed by atoms with E-state index in [1.807, 2.05) is 0 Å². The van der Waals surface area contributed by atoms with Gasteiger partial charge in [0.05, 0.1) is 25.4 Å². The molecule has 0 bridgehead atoms. The predicted octanol–water partition coefficient (Wildman–Crippen LogP) is 26.4. The summed E-state index contributed by atoms with van der Waals surface area (Å²) in [4.78, 5) is 24.7. The van der Waals surface area contributed by atoms with Crippen LogP contribution in [-0.4, -0.2) is 47.4 Å². The highest BCUT2D eigenvalue weighted by Gasteiger charge is 2.20. The molecule has 0 aromatic heterocycles. The minimum absolute atomic E-state index is 0.0167. The lowest BCUT2D eigenvalue weighted by Crippen LogP contribution is -2.45. The van der Waals surface area contributed by atoms with Gasteiger partial charge in [0.15, 0.2) is 0 Å². The average molecular weight is 1230 g/mol. The summed E-state index contributed by atoms with van der Waals surface area (Å²) in [5.74, 6) is -0.0135. The number of aliphatic hydroxyl groups excluding tert-OH is 2. The number of ether oxygens (including phenoxy) is 1. The van der Waals surface area contributed by atoms with Gasteiger partial charge in [-0.25, -0.2) is 0 Å². The second-order valence-corrected chi connectivity index (χ2v) is 27.8. The van der Waals surface area contributed by atoms with Gasteiger partial charge in [-0.15, -0.1) is 0 Å². The van der Waals surface area contributed by atoms with E-state index < -0.39 is 12.1 Å². The van der Waals surface area contributed by atoms with Gasteiger partial charge in [-0.3, -0.25) is 9.59 Å². The molecule has 0 spiro atoms. The molecule has 2 unspecified atom stereocenters. The molecule has 0 aromatic carbocycles. The summed E-state index contributed by atoms with van der Waals surface area (Å²) in [5.41, 5.74) is 0. The Labute approximate surface area is 545 Å². The summed E-state index contributed by atoms with van der Waals surface area (Å²) in [6.45, 7) is 5.01. The highest BCUT2D eigenvalue weighted by molar-refractivity contribution is 5.76. The van der Waals surface area contributed by atoms with Crippen LogP contribution in [0.2, 0.25) is 0 Å². The molecule has 0 aliphatic rings. The van der Waals surface area contributed by atoms with Crippen molar-refractivity contribution in [3.05, 3.63) is 24.3 Å². The van der Waals surface area contributed by atoms with Gasteiger partial charge in [-0.1, -0.05) is 411 Å². The summed E-state index contributed by atoms with van der Waals surface area (Å²) in [6.07, 6.45) is 98.4. The fourth-order valence-corrected chi connectivity index (χ4v) is 12.9. The molecule has 0 radical (unpaired) electrons. The van der Waals surface area contributed by atoms with Crippen molar-refractivity contribution in [1.82, 2.24) is 5.32 Å². The van der Waals surface area contributed by atoms with Gasteiger partial charge in [0.25, 0.3) is 0 Å². The highest BCUT2D eigenvalue weighted by Crippen LogP contribution is 2.20. The average Bonchev–Trinajstić information content (AvgIpc) is 3.54. The summed E-state index contributed by atoms with van der Waals surface area (Å²) in [5, 5.41) is 23.5. The molecule has 6 nitrogen and oxygen atoms in total. The molecule has 0 saturated carbocycles. The third kappa shape index (κ3) is 73.3. The van der Waals surface area contributed by atoms with Gasteiger partial charge in [-0.2, -0.15) is 0 Å². The van der Waals surface area contributed by atoms with E-state index in [2.05, 4.69) is 43.5 Å². The number of unbranched alkanes of at least 4 members (excludes halogenated alkanes) is 61. The Hall–Kier alpha value is -1.66. The smallest absolute Gasteiger partial charge is 0.305 e. The maximum absolute atomic E-state index is 12.6. The van der Waals surface area contributed by atoms with E-state index in [9.17, 15) is 19.8 Å². The number of hydrogen-bond donors (Lipinski definition) is 3. The fourth-order valence-electron chi connectivity index (χ4n) is 12.9. The molecule has 516 valence electrons. The SMILES string of the molecule is CCCCCCCCCCCCCCCCCCCCCCCCCCCC(O)C(CO)NC(=O)CCCCCCCCCCCCCCC/C=C\C/C=C\CCCCCCCCCCCOC(=O)CCCCCCCCCCCCCCCCCC. The Kier molecular flexibility index (Phi) is 75.3. The summed E-state index contributed by atoms with van der Waals surface area (Å²) in [6, 6.07) is -0.544. The van der Waals surface area contributed by atoms with E-state index in [-0.39, 0.29) is 18.5 Å². The monoisotopic (exact) mass is 1220 g/mol. The Morgan fingerprint density at radius 1 is 0.322 bits per heavy atom. The molecule has 0 aromatic rings. The van der Waals surface area contributed by atoms with Crippen molar-refractivity contribution in [2.24, 2.45) is 0 Å². The fraction of sp³-hybridized carbons (Fsp3) is 0.926. The van der Waals surface area contributed by atoms with Gasteiger partial charge in [0, 0.05) is 12.8 Å². The minimum Gasteiger partial charge on any atom is -0.466 e. The first-order chi connectivity index (χ1) is 43.0. The van der Waals surface area contributed by atoms with Gasteiger partial charge in [-0.05, 0) is 57.8 Å². The largest absolute Gasteiger partial charge is 0.466 e. The maximum Gasteiger partial charge on any atom is 0.305 e. The van der Waals surface area contributed by atoms with Crippen LogP contribution in [0, 0.1) is 0 Å². The number of nitrogens with one attached hydrogen (secondary N) is 1. The van der Waals surface area contributed by atoms with Crippen LogP contribution in [0.15, 0.2) is 24.3 Å². The molecule has 0 aliphatic carbocycles. The van der Waals surface area contributed by atoms with Crippen molar-refractivity contribution in [2.45, 2.75) is 469 Å². The zero-order valence-electron chi connectivity index (χ0n) is 59.3. The number of aliphatic hydroxyl groups is 2. The van der Waals surface area contributed by atoms with Crippen LogP contribution in [-0.2, 0) is 14.3 Å². The Balaban J connectivity index is 3.39. The van der Waals surface area contributed by atoms with Gasteiger partial charge < -0.3 is 20.3 Å². The number of carbonyl (C=O) groups excluding carboxylic acids is 2. The van der Waals surface area contributed by atoms with Gasteiger partial charge in [0.1, 0.15) is 0 Å². The zero-order valence-corrected chi connectivity index (χ0v) is 59.3. The number of allylic oxidation sites excluding steroid dienone is 4. The second kappa shape index (κ2) is 76.8. The van der Waals surface area contributed by atoms with E-state index in [0.717, 1.165) is 44.9 Å². The standard InChI is InChI=1S/C81H157NO5/c1-3-5-7-9-11-13-15-17-19-21-22-23-24-30-33-36-39-42-45-49-53-57-61-65-69-73-79(84)78(77-83)82-80(85)74-70-66-62-58-54-50-46-43-40-37-34-31-28-26-25-27-29-32-35-38-41-44-48-52-56-60-64-68-72-76-87-81(86)75-71-67-63-59-55-51-47-20-18-16-14-12-10-8-6-4-2/h25,27,32,35,78-79,83-84H,3-24,26,28-31,33-34,36-77H2,1-2H3,(H,82,85)/b27-25-,35-32-. The van der Waals surface area contributed by atoms with Crippen LogP contribution in [0.25, 0.3) is 0 Å². The molecular weight excluding hydrogens is 1070 g/mol. The van der Waals surface area contributed by atoms with Crippen LogP contribution < -0.4 is 5.32 Å². The van der Waals surface area contributed by atoms with E-state index in [0.29, 0.717) is 25.9 Å². The molecule has 6 heteroatoms. The lowest BCUT2D eigenvalue weighted by Gasteiger charge is -2.22. The van der Waals surface area contributed by atoms with Crippen molar-refractivity contribution in [3.8, 4) is 0 Å². The highest BCUT2D eigenvalue weighted by atomic mass is 16.5. The van der Waals surface area contributed by atoms with E-state index >= 15 is 0 Å². The molecule has 87 heavy (non-hydrogen) atoms. The molecule has 3 N–H and O–H groups in total. The predicted molar refractivity (Wildman–Crippen MR) is 384 cm³/mol. The molecular formula is C81H157NO5. The van der Waals surface area contributed by atoms with E-state index in [1.165, 1.54) is 379 Å². The maximum atomic E-state index is 12.6. The van der Waals surface area contributed by atoms with Crippen molar-refractivity contribution >= 4 is 11.9 Å². The molecule has 0 rings (SSSR count). The van der Waals surface area contributed by atoms with Crippen LogP contribution >= 0.6 is 0 Å². The molecule has 2 atom stereocenters. The van der Waals surface area contributed by atoms with Crippen LogP contribution in [0.4, 0.5) is 0 Å². The van der Waals surface area contributed by atoms with Crippen LogP contribution in [0.3, 0.4) is 0 Å². The lowest BCUT2D eigenvalue weighted by molar-refractivity contribution is -0.143. The second-order valence-electron chi connectivity index (χ2n) is 27.8. The van der Waals surface area contributed by atoms with Crippen molar-refractivity contribution in [2.75, 3.05) is 13.2 Å². The number of carbonyl (C=O) groups is 2.